The lowest BCUT2D eigenvalue weighted by atomic mass is 10.2. The van der Waals surface area contributed by atoms with E-state index in [1.807, 2.05) is 4.90 Å². The van der Waals surface area contributed by atoms with Gasteiger partial charge in [0.05, 0.1) is 24.9 Å². The number of halogens is 1. The van der Waals surface area contributed by atoms with Crippen molar-refractivity contribution >= 4 is 34.6 Å². The van der Waals surface area contributed by atoms with Crippen molar-refractivity contribution in [2.24, 2.45) is 0 Å². The Morgan fingerprint density at radius 2 is 1.84 bits per heavy atom. The third-order valence-corrected chi connectivity index (χ3v) is 3.48. The molecular weight excluding hydrogens is 284 g/mol. The topological polar surface area (TPSA) is 33.7 Å². The van der Waals surface area contributed by atoms with Crippen molar-refractivity contribution in [3.05, 3.63) is 29.3 Å². The number of methoxy groups -OCH3 is 2. The van der Waals surface area contributed by atoms with Crippen molar-refractivity contribution in [3.63, 3.8) is 0 Å². The Balaban J connectivity index is 2.20. The van der Waals surface area contributed by atoms with Crippen LogP contribution in [0.5, 0.6) is 11.5 Å². The average Bonchev–Trinajstić information content (AvgIpc) is 2.94. The quantitative estimate of drug-likeness (QED) is 0.685. The summed E-state index contributed by atoms with van der Waals surface area (Å²) in [5, 5.41) is 4.30. The minimum Gasteiger partial charge on any atom is -0.495 e. The van der Waals surface area contributed by atoms with Gasteiger partial charge in [-0.05, 0) is 12.2 Å². The van der Waals surface area contributed by atoms with Crippen LogP contribution in [0.4, 0.5) is 5.69 Å². The fraction of sp³-hybridized carbons (Fsp3) is 0.308. The maximum absolute atomic E-state index is 6.06. The number of benzene rings is 1. The van der Waals surface area contributed by atoms with Crippen LogP contribution in [0, 0.1) is 0 Å². The summed E-state index contributed by atoms with van der Waals surface area (Å²) < 4.78 is 10.5. The molecule has 0 bridgehead atoms. The van der Waals surface area contributed by atoms with E-state index in [1.165, 1.54) is 0 Å². The van der Waals surface area contributed by atoms with E-state index < -0.39 is 0 Å². The Labute approximate surface area is 122 Å². The number of nitrogens with one attached hydrogen (secondary N) is 1. The van der Waals surface area contributed by atoms with Gasteiger partial charge in [-0.25, -0.2) is 0 Å². The second-order valence-corrected chi connectivity index (χ2v) is 4.79. The Morgan fingerprint density at radius 3 is 2.42 bits per heavy atom. The molecule has 0 amide bonds. The lowest BCUT2D eigenvalue weighted by molar-refractivity contribution is 0.405. The van der Waals surface area contributed by atoms with E-state index in [0.29, 0.717) is 21.6 Å². The number of thiocarbonyl (C=S) groups is 1. The van der Waals surface area contributed by atoms with Crippen LogP contribution in [0.25, 0.3) is 0 Å². The Bertz CT molecular complexity index is 512. The van der Waals surface area contributed by atoms with Crippen LogP contribution >= 0.6 is 23.8 Å². The van der Waals surface area contributed by atoms with Crippen LogP contribution < -0.4 is 14.8 Å². The number of ether oxygens (including phenoxy) is 2. The molecule has 102 valence electrons. The van der Waals surface area contributed by atoms with Crippen molar-refractivity contribution in [1.29, 1.82) is 0 Å². The largest absolute Gasteiger partial charge is 0.495 e. The normalized spacial score (nSPS) is 13.5. The monoisotopic (exact) mass is 298 g/mol. The van der Waals surface area contributed by atoms with Gasteiger partial charge in [-0.3, -0.25) is 0 Å². The van der Waals surface area contributed by atoms with Crippen LogP contribution in [-0.4, -0.2) is 37.3 Å². The van der Waals surface area contributed by atoms with Crippen LogP contribution in [-0.2, 0) is 0 Å². The molecule has 1 aliphatic rings. The van der Waals surface area contributed by atoms with Gasteiger partial charge < -0.3 is 19.7 Å². The van der Waals surface area contributed by atoms with Crippen molar-refractivity contribution < 1.29 is 9.47 Å². The van der Waals surface area contributed by atoms with Crippen LogP contribution in [0.2, 0.25) is 5.02 Å². The van der Waals surface area contributed by atoms with E-state index >= 15 is 0 Å². The number of hydrogen-bond acceptors (Lipinski definition) is 3. The molecule has 19 heavy (non-hydrogen) atoms. The molecule has 0 saturated carbocycles. The first-order chi connectivity index (χ1) is 9.15. The van der Waals surface area contributed by atoms with E-state index in [-0.39, 0.29) is 0 Å². The second-order valence-electron chi connectivity index (χ2n) is 3.99. The molecule has 2 rings (SSSR count). The number of hydrogen-bond donors (Lipinski definition) is 1. The predicted molar refractivity (Wildman–Crippen MR) is 81.5 cm³/mol. The first-order valence-corrected chi connectivity index (χ1v) is 6.56. The highest BCUT2D eigenvalue weighted by molar-refractivity contribution is 7.80. The molecule has 0 fully saturated rings. The van der Waals surface area contributed by atoms with Crippen molar-refractivity contribution in [3.8, 4) is 11.5 Å². The lowest BCUT2D eigenvalue weighted by Crippen LogP contribution is -2.32. The third-order valence-electron chi connectivity index (χ3n) is 2.82. The van der Waals surface area contributed by atoms with E-state index in [2.05, 4.69) is 17.5 Å². The van der Waals surface area contributed by atoms with Crippen LogP contribution in [0.15, 0.2) is 24.3 Å². The summed E-state index contributed by atoms with van der Waals surface area (Å²) in [5.41, 5.74) is 0.737. The molecular formula is C13H15ClN2O2S. The maximum Gasteiger partial charge on any atom is 0.174 e. The molecule has 0 spiro atoms. The van der Waals surface area contributed by atoms with Gasteiger partial charge in [0, 0.05) is 25.2 Å². The average molecular weight is 299 g/mol. The number of nitrogens with zero attached hydrogens (tertiary/aromatic N) is 1. The first-order valence-electron chi connectivity index (χ1n) is 5.78. The van der Waals surface area contributed by atoms with Gasteiger partial charge in [-0.2, -0.15) is 0 Å². The SMILES string of the molecule is COc1cc(NC(=S)N2CC=CC2)c(OC)cc1Cl. The van der Waals surface area contributed by atoms with Gasteiger partial charge in [0.25, 0.3) is 0 Å². The summed E-state index contributed by atoms with van der Waals surface area (Å²) in [7, 11) is 3.16. The van der Waals surface area contributed by atoms with E-state index in [4.69, 9.17) is 33.3 Å². The number of anilines is 1. The molecule has 0 atom stereocenters. The van der Waals surface area contributed by atoms with Crippen LogP contribution in [0.3, 0.4) is 0 Å². The van der Waals surface area contributed by atoms with Gasteiger partial charge in [-0.15, -0.1) is 0 Å². The fourth-order valence-corrected chi connectivity index (χ4v) is 2.29. The highest BCUT2D eigenvalue weighted by atomic mass is 35.5. The fourth-order valence-electron chi connectivity index (χ4n) is 1.80. The molecule has 0 radical (unpaired) electrons. The smallest absolute Gasteiger partial charge is 0.174 e. The minimum absolute atomic E-state index is 0.499. The zero-order valence-electron chi connectivity index (χ0n) is 10.8. The predicted octanol–water partition coefficient (Wildman–Crippen LogP) is 2.93. The van der Waals surface area contributed by atoms with Crippen LogP contribution in [0.1, 0.15) is 0 Å². The lowest BCUT2D eigenvalue weighted by Gasteiger charge is -2.21. The summed E-state index contributed by atoms with van der Waals surface area (Å²) in [5.74, 6) is 1.20. The molecule has 6 heteroatoms. The van der Waals surface area contributed by atoms with E-state index in [0.717, 1.165) is 18.8 Å². The minimum atomic E-state index is 0.499. The summed E-state index contributed by atoms with van der Waals surface area (Å²) in [4.78, 5) is 2.04. The van der Waals surface area contributed by atoms with Gasteiger partial charge in [-0.1, -0.05) is 23.8 Å². The summed E-state index contributed by atoms with van der Waals surface area (Å²) in [6.07, 6.45) is 4.15. The Morgan fingerprint density at radius 1 is 1.21 bits per heavy atom. The molecule has 0 aliphatic carbocycles. The van der Waals surface area contributed by atoms with E-state index in [1.54, 1.807) is 26.4 Å². The summed E-state index contributed by atoms with van der Waals surface area (Å²) in [6, 6.07) is 3.48. The van der Waals surface area contributed by atoms with Crippen molar-refractivity contribution in [2.75, 3.05) is 32.6 Å². The molecule has 1 aliphatic heterocycles. The van der Waals surface area contributed by atoms with Crippen molar-refractivity contribution in [2.45, 2.75) is 0 Å². The molecule has 0 saturated heterocycles. The molecule has 0 unspecified atom stereocenters. The molecule has 1 aromatic rings. The molecule has 1 N–H and O–H groups in total. The summed E-state index contributed by atoms with van der Waals surface area (Å²) in [6.45, 7) is 1.64. The maximum atomic E-state index is 6.06. The van der Waals surface area contributed by atoms with Gasteiger partial charge >= 0.3 is 0 Å². The third kappa shape index (κ3) is 3.11. The Hall–Kier alpha value is -1.46. The zero-order chi connectivity index (χ0) is 13.8. The highest BCUT2D eigenvalue weighted by Crippen LogP contribution is 2.36. The van der Waals surface area contributed by atoms with Crippen molar-refractivity contribution in [1.82, 2.24) is 4.90 Å². The standard InChI is InChI=1S/C13H15ClN2O2S/c1-17-11-8-10(12(18-2)7-9(11)14)15-13(19)16-5-3-4-6-16/h3-4,7-8H,5-6H2,1-2H3,(H,15,19). The van der Waals surface area contributed by atoms with Gasteiger partial charge in [0.2, 0.25) is 0 Å². The van der Waals surface area contributed by atoms with E-state index in [9.17, 15) is 0 Å². The first kappa shape index (κ1) is 14.0. The summed E-state index contributed by atoms with van der Waals surface area (Å²) >= 11 is 11.4. The molecule has 1 heterocycles. The second kappa shape index (κ2) is 6.12. The molecule has 0 aromatic heterocycles. The van der Waals surface area contributed by atoms with Gasteiger partial charge in [0.15, 0.2) is 5.11 Å². The zero-order valence-corrected chi connectivity index (χ0v) is 12.3. The highest BCUT2D eigenvalue weighted by Gasteiger charge is 2.15. The molecule has 4 nitrogen and oxygen atoms in total. The Kier molecular flexibility index (Phi) is 4.50. The number of rotatable bonds is 3. The van der Waals surface area contributed by atoms with Gasteiger partial charge in [0.1, 0.15) is 11.5 Å². The molecule has 1 aromatic carbocycles.